The first-order chi connectivity index (χ1) is 9.72. The molecular weight excluding hydrogens is 268 g/mol. The third-order valence-corrected chi connectivity index (χ3v) is 3.74. The van der Waals surface area contributed by atoms with Crippen LogP contribution in [0, 0.1) is 5.21 Å². The van der Waals surface area contributed by atoms with E-state index in [1.807, 2.05) is 32.9 Å². The normalized spacial score (nSPS) is 12.0. The number of carbonyl (C=O) groups excluding carboxylic acids is 1. The molecule has 1 amide bonds. The Morgan fingerprint density at radius 1 is 1.24 bits per heavy atom. The molecule has 1 N–H and O–H groups in total. The van der Waals surface area contributed by atoms with Gasteiger partial charge in [0.25, 0.3) is 0 Å². The van der Waals surface area contributed by atoms with Gasteiger partial charge < -0.3 is 15.3 Å². The predicted octanol–water partition coefficient (Wildman–Crippen LogP) is 2.90. The van der Waals surface area contributed by atoms with Gasteiger partial charge in [0.15, 0.2) is 12.4 Å². The second-order valence-electron chi connectivity index (χ2n) is 6.29. The number of ether oxygens (including phenoxy) is 1. The lowest BCUT2D eigenvalue weighted by molar-refractivity contribution is -0.605. The molecule has 0 aliphatic carbocycles. The van der Waals surface area contributed by atoms with Crippen molar-refractivity contribution < 1.29 is 14.3 Å². The third-order valence-electron chi connectivity index (χ3n) is 3.74. The monoisotopic (exact) mass is 294 g/mol. The van der Waals surface area contributed by atoms with Crippen LogP contribution in [0.15, 0.2) is 24.5 Å². The fourth-order valence-electron chi connectivity index (χ4n) is 2.33. The van der Waals surface area contributed by atoms with Crippen molar-refractivity contribution in [3.05, 3.63) is 35.3 Å². The molecule has 0 aliphatic rings. The number of carbonyl (C=O) groups is 1. The van der Waals surface area contributed by atoms with E-state index in [-0.39, 0.29) is 5.41 Å². The number of aromatic nitrogens is 1. The summed E-state index contributed by atoms with van der Waals surface area (Å²) in [4.78, 5) is 11.8. The van der Waals surface area contributed by atoms with E-state index in [1.54, 1.807) is 0 Å². The topological polar surface area (TPSA) is 65.3 Å². The van der Waals surface area contributed by atoms with Gasteiger partial charge in [-0.05, 0) is 39.2 Å². The summed E-state index contributed by atoms with van der Waals surface area (Å²) in [5.74, 6) is 0. The van der Waals surface area contributed by atoms with Crippen LogP contribution in [0.5, 0.6) is 0 Å². The SMILES string of the molecule is CCC(CC)(CNC(=O)OC(C)(C)C)c1cc[n+]([O-])cc1. The Hall–Kier alpha value is -1.78. The minimum atomic E-state index is -0.508. The molecule has 5 nitrogen and oxygen atoms in total. The second-order valence-corrected chi connectivity index (χ2v) is 6.29. The van der Waals surface area contributed by atoms with Crippen molar-refractivity contribution in [3.63, 3.8) is 0 Å². The highest BCUT2D eigenvalue weighted by molar-refractivity contribution is 5.67. The molecule has 0 bridgehead atoms. The van der Waals surface area contributed by atoms with Gasteiger partial charge >= 0.3 is 6.09 Å². The summed E-state index contributed by atoms with van der Waals surface area (Å²) in [5, 5.41) is 14.0. The van der Waals surface area contributed by atoms with Gasteiger partial charge in [0.05, 0.1) is 0 Å². The molecule has 5 heteroatoms. The van der Waals surface area contributed by atoms with Crippen molar-refractivity contribution >= 4 is 6.09 Å². The molecule has 21 heavy (non-hydrogen) atoms. The lowest BCUT2D eigenvalue weighted by Crippen LogP contribution is -2.42. The third kappa shape index (κ3) is 4.92. The van der Waals surface area contributed by atoms with Gasteiger partial charge in [-0.15, -0.1) is 0 Å². The molecule has 1 heterocycles. The largest absolute Gasteiger partial charge is 0.619 e. The highest BCUT2D eigenvalue weighted by Crippen LogP contribution is 2.30. The summed E-state index contributed by atoms with van der Waals surface area (Å²) in [7, 11) is 0. The molecule has 0 unspecified atom stereocenters. The maximum atomic E-state index is 11.8. The molecule has 1 aromatic rings. The zero-order valence-electron chi connectivity index (χ0n) is 13.6. The molecular formula is C16H26N2O3. The van der Waals surface area contributed by atoms with Crippen molar-refractivity contribution in [1.82, 2.24) is 5.32 Å². The molecule has 0 spiro atoms. The van der Waals surface area contributed by atoms with E-state index in [4.69, 9.17) is 4.74 Å². The summed E-state index contributed by atoms with van der Waals surface area (Å²) in [6.45, 7) is 10.2. The van der Waals surface area contributed by atoms with Crippen LogP contribution in [0.4, 0.5) is 4.79 Å². The van der Waals surface area contributed by atoms with E-state index < -0.39 is 11.7 Å². The van der Waals surface area contributed by atoms with Gasteiger partial charge in [0, 0.05) is 24.1 Å². The van der Waals surface area contributed by atoms with E-state index in [0.29, 0.717) is 6.54 Å². The van der Waals surface area contributed by atoms with Crippen LogP contribution in [0.2, 0.25) is 0 Å². The molecule has 0 saturated heterocycles. The van der Waals surface area contributed by atoms with E-state index >= 15 is 0 Å². The van der Waals surface area contributed by atoms with Gasteiger partial charge in [0.2, 0.25) is 0 Å². The quantitative estimate of drug-likeness (QED) is 0.671. The molecule has 118 valence electrons. The number of nitrogens with zero attached hydrogens (tertiary/aromatic N) is 1. The lowest BCUT2D eigenvalue weighted by atomic mass is 9.76. The van der Waals surface area contributed by atoms with Crippen molar-refractivity contribution in [2.24, 2.45) is 0 Å². The van der Waals surface area contributed by atoms with E-state index in [0.717, 1.165) is 23.1 Å². The van der Waals surface area contributed by atoms with Gasteiger partial charge in [0.1, 0.15) is 5.60 Å². The van der Waals surface area contributed by atoms with Crippen LogP contribution in [-0.4, -0.2) is 18.2 Å². The first-order valence-corrected chi connectivity index (χ1v) is 7.38. The number of hydrogen-bond donors (Lipinski definition) is 1. The number of nitrogens with one attached hydrogen (secondary N) is 1. The Kier molecular flexibility index (Phi) is 5.58. The van der Waals surface area contributed by atoms with Gasteiger partial charge in [-0.2, -0.15) is 4.73 Å². The first kappa shape index (κ1) is 17.3. The fourth-order valence-corrected chi connectivity index (χ4v) is 2.33. The molecule has 0 aliphatic heterocycles. The zero-order valence-corrected chi connectivity index (χ0v) is 13.6. The Morgan fingerprint density at radius 2 is 1.76 bits per heavy atom. The second kappa shape index (κ2) is 6.78. The van der Waals surface area contributed by atoms with E-state index in [1.165, 1.54) is 12.4 Å². The number of pyridine rings is 1. The highest BCUT2D eigenvalue weighted by atomic mass is 16.6. The van der Waals surface area contributed by atoms with E-state index in [9.17, 15) is 10.0 Å². The maximum Gasteiger partial charge on any atom is 0.407 e. The predicted molar refractivity (Wildman–Crippen MR) is 81.9 cm³/mol. The van der Waals surface area contributed by atoms with Crippen LogP contribution >= 0.6 is 0 Å². The Balaban J connectivity index is 2.82. The summed E-state index contributed by atoms with van der Waals surface area (Å²) < 4.78 is 6.04. The Labute approximate surface area is 126 Å². The Bertz CT molecular complexity index is 459. The minimum absolute atomic E-state index is 0.189. The van der Waals surface area contributed by atoms with Crippen LogP contribution in [0.25, 0.3) is 0 Å². The van der Waals surface area contributed by atoms with Crippen LogP contribution in [-0.2, 0) is 10.2 Å². The molecule has 1 aromatic heterocycles. The van der Waals surface area contributed by atoms with Crippen LogP contribution < -0.4 is 10.0 Å². The number of rotatable bonds is 5. The number of hydrogen-bond acceptors (Lipinski definition) is 3. The Morgan fingerprint density at radius 3 is 2.19 bits per heavy atom. The minimum Gasteiger partial charge on any atom is -0.619 e. The van der Waals surface area contributed by atoms with Crippen molar-refractivity contribution in [3.8, 4) is 0 Å². The van der Waals surface area contributed by atoms with Crippen molar-refractivity contribution in [2.75, 3.05) is 6.54 Å². The van der Waals surface area contributed by atoms with Crippen molar-refractivity contribution in [2.45, 2.75) is 58.5 Å². The standard InChI is InChI=1S/C16H26N2O3/c1-6-16(7-2,13-8-10-18(20)11-9-13)12-17-14(19)21-15(3,4)5/h8-11H,6-7,12H2,1-5H3,(H,17,19). The molecule has 0 saturated carbocycles. The lowest BCUT2D eigenvalue weighted by Gasteiger charge is -2.32. The molecule has 1 rings (SSSR count). The van der Waals surface area contributed by atoms with Crippen LogP contribution in [0.3, 0.4) is 0 Å². The summed E-state index contributed by atoms with van der Waals surface area (Å²) >= 11 is 0. The van der Waals surface area contributed by atoms with Gasteiger partial charge in [-0.1, -0.05) is 13.8 Å². The smallest absolute Gasteiger partial charge is 0.407 e. The number of alkyl carbamates (subject to hydrolysis) is 1. The van der Waals surface area contributed by atoms with E-state index in [2.05, 4.69) is 19.2 Å². The maximum absolute atomic E-state index is 11.8. The average molecular weight is 294 g/mol. The molecule has 0 aromatic carbocycles. The van der Waals surface area contributed by atoms with Gasteiger partial charge in [-0.3, -0.25) is 0 Å². The van der Waals surface area contributed by atoms with Crippen LogP contribution in [0.1, 0.15) is 53.0 Å². The fraction of sp³-hybridized carbons (Fsp3) is 0.625. The highest BCUT2D eigenvalue weighted by Gasteiger charge is 2.30. The summed E-state index contributed by atoms with van der Waals surface area (Å²) in [6.07, 6.45) is 4.29. The average Bonchev–Trinajstić information content (AvgIpc) is 2.40. The first-order valence-electron chi connectivity index (χ1n) is 7.38. The molecule has 0 fully saturated rings. The molecule has 0 radical (unpaired) electrons. The zero-order chi connectivity index (χ0) is 16.1. The number of amides is 1. The van der Waals surface area contributed by atoms with Crippen molar-refractivity contribution in [1.29, 1.82) is 0 Å². The summed E-state index contributed by atoms with van der Waals surface area (Å²) in [5.41, 5.74) is 0.354. The molecule has 0 atom stereocenters. The van der Waals surface area contributed by atoms with Gasteiger partial charge in [-0.25, -0.2) is 4.79 Å². The summed E-state index contributed by atoms with van der Waals surface area (Å²) in [6, 6.07) is 3.63.